The second-order valence-electron chi connectivity index (χ2n) is 7.20. The summed E-state index contributed by atoms with van der Waals surface area (Å²) >= 11 is 1.33. The lowest BCUT2D eigenvalue weighted by molar-refractivity contribution is 0.0944. The van der Waals surface area contributed by atoms with E-state index in [0.717, 1.165) is 30.2 Å². The number of benzene rings is 2. The molecule has 1 fully saturated rings. The van der Waals surface area contributed by atoms with Gasteiger partial charge in [-0.05, 0) is 55.8 Å². The minimum absolute atomic E-state index is 0.0903. The molecule has 30 heavy (non-hydrogen) atoms. The van der Waals surface area contributed by atoms with E-state index in [1.807, 2.05) is 50.2 Å². The van der Waals surface area contributed by atoms with Gasteiger partial charge in [-0.3, -0.25) is 9.78 Å². The summed E-state index contributed by atoms with van der Waals surface area (Å²) in [5.41, 5.74) is 3.87. The van der Waals surface area contributed by atoms with E-state index < -0.39 is 0 Å². The van der Waals surface area contributed by atoms with E-state index >= 15 is 0 Å². The highest BCUT2D eigenvalue weighted by atomic mass is 32.1. The van der Waals surface area contributed by atoms with Crippen LogP contribution >= 0.6 is 11.3 Å². The first-order valence-electron chi connectivity index (χ1n) is 10.1. The van der Waals surface area contributed by atoms with Gasteiger partial charge in [-0.25, -0.2) is 0 Å². The zero-order chi connectivity index (χ0) is 20.9. The van der Waals surface area contributed by atoms with Crippen LogP contribution in [0.5, 0.6) is 11.5 Å². The highest BCUT2D eigenvalue weighted by molar-refractivity contribution is 7.11. The fraction of sp³-hybridized carbons (Fsp3) is 0.304. The summed E-state index contributed by atoms with van der Waals surface area (Å²) in [6, 6.07) is 16.0. The molecule has 1 aliphatic rings. The highest BCUT2D eigenvalue weighted by Crippen LogP contribution is 2.27. The smallest absolute Gasteiger partial charge is 0.263 e. The summed E-state index contributed by atoms with van der Waals surface area (Å²) in [5.74, 6) is 1.64. The number of hydrogen-bond acceptors (Lipinski definition) is 6. The van der Waals surface area contributed by atoms with Gasteiger partial charge >= 0.3 is 0 Å². The fourth-order valence-electron chi connectivity index (χ4n) is 3.35. The molecule has 1 atom stereocenters. The number of anilines is 1. The number of amides is 1. The Morgan fingerprint density at radius 3 is 2.50 bits per heavy atom. The lowest BCUT2D eigenvalue weighted by Gasteiger charge is -2.40. The molecule has 2 heterocycles. The minimum atomic E-state index is -0.103. The number of nitrogens with zero attached hydrogens (tertiary/aromatic N) is 2. The second-order valence-corrected chi connectivity index (χ2v) is 8.09. The van der Waals surface area contributed by atoms with Gasteiger partial charge in [0, 0.05) is 5.69 Å². The molecule has 0 radical (unpaired) electrons. The zero-order valence-electron chi connectivity index (χ0n) is 17.1. The molecule has 0 saturated carbocycles. The first-order chi connectivity index (χ1) is 14.6. The number of carbonyl (C=O) groups excluding carboxylic acids is 1. The third-order valence-electron chi connectivity index (χ3n) is 5.05. The molecule has 1 aliphatic heterocycles. The molecule has 1 N–H and O–H groups in total. The quantitative estimate of drug-likeness (QED) is 0.585. The Bertz CT molecular complexity index is 952. The van der Waals surface area contributed by atoms with Gasteiger partial charge in [-0.2, -0.15) is 0 Å². The van der Waals surface area contributed by atoms with Gasteiger partial charge in [0.1, 0.15) is 22.5 Å². The third kappa shape index (κ3) is 4.74. The molecule has 0 aliphatic carbocycles. The van der Waals surface area contributed by atoms with Gasteiger partial charge in [0.05, 0.1) is 37.4 Å². The average molecular weight is 424 g/mol. The molecule has 4 rings (SSSR count). The maximum atomic E-state index is 12.2. The maximum Gasteiger partial charge on any atom is 0.263 e. The van der Waals surface area contributed by atoms with Crippen LogP contribution in [-0.4, -0.2) is 36.7 Å². The molecule has 0 bridgehead atoms. The van der Waals surface area contributed by atoms with Crippen LogP contribution in [-0.2, 0) is 0 Å². The van der Waals surface area contributed by atoms with Crippen LogP contribution in [0.1, 0.15) is 35.1 Å². The number of thiazole rings is 1. The van der Waals surface area contributed by atoms with Crippen LogP contribution in [0.15, 0.2) is 60.2 Å². The largest absolute Gasteiger partial charge is 0.494 e. The van der Waals surface area contributed by atoms with E-state index in [4.69, 9.17) is 9.47 Å². The van der Waals surface area contributed by atoms with Gasteiger partial charge < -0.3 is 19.7 Å². The number of rotatable bonds is 8. The molecular formula is C23H25N3O3S. The summed E-state index contributed by atoms with van der Waals surface area (Å²) in [6.45, 7) is 6.34. The third-order valence-corrected chi connectivity index (χ3v) is 5.82. The van der Waals surface area contributed by atoms with Crippen LogP contribution in [0.4, 0.5) is 5.69 Å². The van der Waals surface area contributed by atoms with Crippen LogP contribution < -0.4 is 19.7 Å². The first-order valence-corrected chi connectivity index (χ1v) is 10.9. The van der Waals surface area contributed by atoms with Crippen LogP contribution in [0, 0.1) is 0 Å². The number of nitrogens with one attached hydrogen (secondary N) is 1. The Kier molecular flexibility index (Phi) is 6.18. The van der Waals surface area contributed by atoms with Gasteiger partial charge in [0.25, 0.3) is 5.91 Å². The predicted molar refractivity (Wildman–Crippen MR) is 119 cm³/mol. The topological polar surface area (TPSA) is 63.7 Å². The Balaban J connectivity index is 1.26. The van der Waals surface area contributed by atoms with Crippen molar-refractivity contribution in [2.45, 2.75) is 26.0 Å². The summed E-state index contributed by atoms with van der Waals surface area (Å²) in [6.07, 6.45) is 1.75. The van der Waals surface area contributed by atoms with E-state index in [1.165, 1.54) is 17.0 Å². The summed E-state index contributed by atoms with van der Waals surface area (Å²) in [4.78, 5) is 19.0. The van der Waals surface area contributed by atoms with Crippen molar-refractivity contribution in [2.24, 2.45) is 0 Å². The lowest BCUT2D eigenvalue weighted by atomic mass is 10.1. The molecule has 1 saturated heterocycles. The van der Waals surface area contributed by atoms with Crippen molar-refractivity contribution < 1.29 is 14.3 Å². The molecule has 7 heteroatoms. The van der Waals surface area contributed by atoms with Gasteiger partial charge in [0.2, 0.25) is 0 Å². The Morgan fingerprint density at radius 2 is 1.87 bits per heavy atom. The van der Waals surface area contributed by atoms with Crippen molar-refractivity contribution in [3.8, 4) is 11.5 Å². The molecule has 156 valence electrons. The standard InChI is InChI=1S/C23H25N3O3S/c1-3-28-19-10-6-18(7-11-19)26-13-21(14-26)29-20-8-4-17(5-9-20)16(2)25-23(27)22-12-24-15-30-22/h4-12,15-16,21H,3,13-14H2,1-2H3,(H,25,27). The van der Waals surface area contributed by atoms with E-state index in [9.17, 15) is 4.79 Å². The number of aromatic nitrogens is 1. The molecule has 1 aromatic heterocycles. The molecule has 1 amide bonds. The SMILES string of the molecule is CCOc1ccc(N2CC(Oc3ccc(C(C)NC(=O)c4cncs4)cc3)C2)cc1. The van der Waals surface area contributed by atoms with Gasteiger partial charge in [-0.15, -0.1) is 11.3 Å². The van der Waals surface area contributed by atoms with E-state index in [0.29, 0.717) is 11.5 Å². The molecular weight excluding hydrogens is 398 g/mol. The van der Waals surface area contributed by atoms with Crippen LogP contribution in [0.25, 0.3) is 0 Å². The first kappa shape index (κ1) is 20.2. The number of hydrogen-bond donors (Lipinski definition) is 1. The number of ether oxygens (including phenoxy) is 2. The normalized spacial score (nSPS) is 14.7. The monoisotopic (exact) mass is 423 g/mol. The van der Waals surface area contributed by atoms with E-state index in [2.05, 4.69) is 27.3 Å². The summed E-state index contributed by atoms with van der Waals surface area (Å²) in [7, 11) is 0. The molecule has 1 unspecified atom stereocenters. The molecule has 2 aromatic carbocycles. The van der Waals surface area contributed by atoms with Crippen molar-refractivity contribution in [1.29, 1.82) is 0 Å². The van der Waals surface area contributed by atoms with Crippen LogP contribution in [0.2, 0.25) is 0 Å². The highest BCUT2D eigenvalue weighted by Gasteiger charge is 2.28. The van der Waals surface area contributed by atoms with Crippen molar-refractivity contribution in [1.82, 2.24) is 10.3 Å². The van der Waals surface area contributed by atoms with Crippen LogP contribution in [0.3, 0.4) is 0 Å². The van der Waals surface area contributed by atoms with Gasteiger partial charge in [0.15, 0.2) is 0 Å². The number of carbonyl (C=O) groups is 1. The van der Waals surface area contributed by atoms with Crippen molar-refractivity contribution >= 4 is 22.9 Å². The maximum absolute atomic E-state index is 12.2. The summed E-state index contributed by atoms with van der Waals surface area (Å²) in [5, 5.41) is 2.99. The summed E-state index contributed by atoms with van der Waals surface area (Å²) < 4.78 is 11.6. The van der Waals surface area contributed by atoms with Crippen molar-refractivity contribution in [2.75, 3.05) is 24.6 Å². The zero-order valence-corrected chi connectivity index (χ0v) is 17.9. The Hall–Kier alpha value is -3.06. The van der Waals surface area contributed by atoms with Gasteiger partial charge in [-0.1, -0.05) is 12.1 Å². The Labute approximate surface area is 180 Å². The van der Waals surface area contributed by atoms with Crippen molar-refractivity contribution in [3.63, 3.8) is 0 Å². The molecule has 3 aromatic rings. The average Bonchev–Trinajstić information content (AvgIpc) is 3.27. The fourth-order valence-corrected chi connectivity index (χ4v) is 3.87. The van der Waals surface area contributed by atoms with Crippen molar-refractivity contribution in [3.05, 3.63) is 70.7 Å². The lowest BCUT2D eigenvalue weighted by Crippen LogP contribution is -2.54. The molecule has 6 nitrogen and oxygen atoms in total. The van der Waals surface area contributed by atoms with E-state index in [1.54, 1.807) is 11.7 Å². The predicted octanol–water partition coefficient (Wildman–Crippen LogP) is 4.30. The minimum Gasteiger partial charge on any atom is -0.494 e. The molecule has 0 spiro atoms. The van der Waals surface area contributed by atoms with E-state index in [-0.39, 0.29) is 18.1 Å². The Morgan fingerprint density at radius 1 is 1.17 bits per heavy atom. The second kappa shape index (κ2) is 9.17.